The number of ether oxygens (including phenoxy) is 2. The molecule has 0 aromatic heterocycles. The lowest BCUT2D eigenvalue weighted by atomic mass is 10.0. The number of carbonyl (C=O) groups is 2. The second-order valence-corrected chi connectivity index (χ2v) is 3.76. The minimum absolute atomic E-state index is 0.179. The van der Waals surface area contributed by atoms with Crippen molar-refractivity contribution in [1.29, 1.82) is 0 Å². The maximum Gasteiger partial charge on any atom is 0.381 e. The molecule has 0 unspecified atom stereocenters. The second-order valence-electron chi connectivity index (χ2n) is 3.76. The molecular formula is C14H14F2O4. The molecule has 0 spiro atoms. The molecule has 20 heavy (non-hydrogen) atoms. The van der Waals surface area contributed by atoms with Crippen LogP contribution in [0.1, 0.15) is 12.5 Å². The topological polar surface area (TPSA) is 52.6 Å². The van der Waals surface area contributed by atoms with E-state index < -0.39 is 23.4 Å². The Labute approximate surface area is 115 Å². The molecule has 0 saturated heterocycles. The van der Waals surface area contributed by atoms with Gasteiger partial charge in [0.1, 0.15) is 0 Å². The number of methoxy groups -OCH3 is 1. The Bertz CT molecular complexity index is 509. The first-order valence-corrected chi connectivity index (χ1v) is 5.84. The van der Waals surface area contributed by atoms with Gasteiger partial charge in [-0.2, -0.15) is 8.78 Å². The molecule has 0 aliphatic rings. The number of carbonyl (C=O) groups excluding carboxylic acids is 2. The molecule has 0 heterocycles. The van der Waals surface area contributed by atoms with Crippen molar-refractivity contribution in [3.63, 3.8) is 0 Å². The van der Waals surface area contributed by atoms with Gasteiger partial charge in [0.05, 0.1) is 19.3 Å². The lowest BCUT2D eigenvalue weighted by Crippen LogP contribution is -2.29. The molecule has 0 fully saturated rings. The largest absolute Gasteiger partial charge is 0.465 e. The fourth-order valence-corrected chi connectivity index (χ4v) is 1.46. The van der Waals surface area contributed by atoms with E-state index in [-0.39, 0.29) is 18.2 Å². The number of alkyl halides is 2. The molecule has 1 rings (SSSR count). The molecule has 0 saturated carbocycles. The van der Waals surface area contributed by atoms with E-state index >= 15 is 0 Å². The highest BCUT2D eigenvalue weighted by Gasteiger charge is 2.39. The summed E-state index contributed by atoms with van der Waals surface area (Å²) in [5, 5.41) is 0. The quantitative estimate of drug-likeness (QED) is 0.615. The summed E-state index contributed by atoms with van der Waals surface area (Å²) in [4.78, 5) is 22.8. The minimum Gasteiger partial charge on any atom is -0.465 e. The van der Waals surface area contributed by atoms with Crippen molar-refractivity contribution >= 4 is 17.5 Å². The Hall–Kier alpha value is -2.24. The van der Waals surface area contributed by atoms with E-state index in [2.05, 4.69) is 9.47 Å². The van der Waals surface area contributed by atoms with E-state index in [1.165, 1.54) is 19.1 Å². The van der Waals surface area contributed by atoms with Gasteiger partial charge < -0.3 is 9.47 Å². The van der Waals surface area contributed by atoms with Crippen LogP contribution in [0.25, 0.3) is 5.57 Å². The molecule has 1 aromatic carbocycles. The van der Waals surface area contributed by atoms with E-state index in [0.29, 0.717) is 0 Å². The Balaban J connectivity index is 3.21. The van der Waals surface area contributed by atoms with Gasteiger partial charge in [0.25, 0.3) is 0 Å². The monoisotopic (exact) mass is 284 g/mol. The summed E-state index contributed by atoms with van der Waals surface area (Å²) in [5.41, 5.74) is -0.172. The minimum atomic E-state index is -3.91. The van der Waals surface area contributed by atoms with Crippen LogP contribution in [0.2, 0.25) is 0 Å². The third-order valence-corrected chi connectivity index (χ3v) is 2.36. The third kappa shape index (κ3) is 3.88. The molecule has 6 heteroatoms. The predicted molar refractivity (Wildman–Crippen MR) is 68.0 cm³/mol. The van der Waals surface area contributed by atoms with Gasteiger partial charge in [-0.05, 0) is 12.5 Å². The van der Waals surface area contributed by atoms with Crippen LogP contribution in [0.5, 0.6) is 0 Å². The number of halogens is 2. The highest BCUT2D eigenvalue weighted by molar-refractivity contribution is 6.17. The van der Waals surface area contributed by atoms with Crippen molar-refractivity contribution in [3.8, 4) is 0 Å². The van der Waals surface area contributed by atoms with Crippen molar-refractivity contribution in [2.75, 3.05) is 13.7 Å². The van der Waals surface area contributed by atoms with Gasteiger partial charge in [-0.1, -0.05) is 30.3 Å². The summed E-state index contributed by atoms with van der Waals surface area (Å²) < 4.78 is 36.1. The zero-order chi connectivity index (χ0) is 15.2. The SMILES string of the molecule is CCOC(=O)C(F)(F)/C=C(/C(=O)OC)c1ccccc1. The fraction of sp³-hybridized carbons (Fsp3) is 0.286. The number of hydrogen-bond acceptors (Lipinski definition) is 4. The van der Waals surface area contributed by atoms with Crippen molar-refractivity contribution in [2.24, 2.45) is 0 Å². The predicted octanol–water partition coefficient (Wildman–Crippen LogP) is 2.44. The van der Waals surface area contributed by atoms with Crippen LogP contribution < -0.4 is 0 Å². The van der Waals surface area contributed by atoms with Crippen molar-refractivity contribution in [1.82, 2.24) is 0 Å². The van der Waals surface area contributed by atoms with Crippen LogP contribution in [-0.4, -0.2) is 31.6 Å². The van der Waals surface area contributed by atoms with Crippen molar-refractivity contribution < 1.29 is 27.8 Å². The molecule has 4 nitrogen and oxygen atoms in total. The van der Waals surface area contributed by atoms with Gasteiger partial charge >= 0.3 is 17.9 Å². The standard InChI is InChI=1S/C14H14F2O4/c1-3-20-13(18)14(15,16)9-11(12(17)19-2)10-7-5-4-6-8-10/h4-9H,3H2,1-2H3/b11-9+. The molecule has 108 valence electrons. The summed E-state index contributed by atoms with van der Waals surface area (Å²) in [7, 11) is 1.07. The first-order valence-electron chi connectivity index (χ1n) is 5.84. The lowest BCUT2D eigenvalue weighted by Gasteiger charge is -2.13. The Morgan fingerprint density at radius 2 is 1.85 bits per heavy atom. The molecule has 1 aromatic rings. The summed E-state index contributed by atoms with van der Waals surface area (Å²) in [5.74, 6) is -6.58. The van der Waals surface area contributed by atoms with E-state index in [4.69, 9.17) is 0 Å². The molecule has 0 amide bonds. The van der Waals surface area contributed by atoms with Gasteiger partial charge in [0, 0.05) is 6.08 Å². The summed E-state index contributed by atoms with van der Waals surface area (Å²) in [6, 6.07) is 7.75. The normalized spacial score (nSPS) is 11.9. The number of benzene rings is 1. The molecule has 0 bridgehead atoms. The zero-order valence-corrected chi connectivity index (χ0v) is 11.1. The first-order chi connectivity index (χ1) is 9.42. The van der Waals surface area contributed by atoms with Gasteiger partial charge in [-0.25, -0.2) is 9.59 Å². The average Bonchev–Trinajstić information content (AvgIpc) is 2.45. The van der Waals surface area contributed by atoms with Crippen molar-refractivity contribution in [3.05, 3.63) is 42.0 Å². The molecule has 0 aliphatic carbocycles. The highest BCUT2D eigenvalue weighted by atomic mass is 19.3. The Morgan fingerprint density at radius 1 is 1.25 bits per heavy atom. The van der Waals surface area contributed by atoms with E-state index in [0.717, 1.165) is 7.11 Å². The second kappa shape index (κ2) is 6.79. The number of hydrogen-bond donors (Lipinski definition) is 0. The maximum absolute atomic E-state index is 13.7. The molecular weight excluding hydrogens is 270 g/mol. The van der Waals surface area contributed by atoms with Gasteiger partial charge in [-0.3, -0.25) is 0 Å². The van der Waals surface area contributed by atoms with Gasteiger partial charge in [0.2, 0.25) is 0 Å². The van der Waals surface area contributed by atoms with E-state index in [1.807, 2.05) is 0 Å². The highest BCUT2D eigenvalue weighted by Crippen LogP contribution is 2.25. The van der Waals surface area contributed by atoms with Gasteiger partial charge in [-0.15, -0.1) is 0 Å². The van der Waals surface area contributed by atoms with Crippen LogP contribution in [0, 0.1) is 0 Å². The van der Waals surface area contributed by atoms with E-state index in [9.17, 15) is 18.4 Å². The summed E-state index contributed by atoms with van der Waals surface area (Å²) in [6.07, 6.45) is 0.256. The Kier molecular flexibility index (Phi) is 5.37. The van der Waals surface area contributed by atoms with Crippen LogP contribution in [-0.2, 0) is 19.1 Å². The summed E-state index contributed by atoms with van der Waals surface area (Å²) in [6.45, 7) is 1.23. The molecule has 0 N–H and O–H groups in total. The van der Waals surface area contributed by atoms with Gasteiger partial charge in [0.15, 0.2) is 0 Å². The first kappa shape index (κ1) is 15.8. The van der Waals surface area contributed by atoms with E-state index in [1.54, 1.807) is 18.2 Å². The third-order valence-electron chi connectivity index (χ3n) is 2.36. The van der Waals surface area contributed by atoms with Crippen LogP contribution in [0.4, 0.5) is 8.78 Å². The molecule has 0 aliphatic heterocycles. The average molecular weight is 284 g/mol. The van der Waals surface area contributed by atoms with Crippen LogP contribution >= 0.6 is 0 Å². The zero-order valence-electron chi connectivity index (χ0n) is 11.1. The Morgan fingerprint density at radius 3 is 2.35 bits per heavy atom. The van der Waals surface area contributed by atoms with Crippen LogP contribution in [0.3, 0.4) is 0 Å². The summed E-state index contributed by atoms with van der Waals surface area (Å²) >= 11 is 0. The molecule has 0 radical (unpaired) electrons. The number of rotatable bonds is 5. The lowest BCUT2D eigenvalue weighted by molar-refractivity contribution is -0.164. The van der Waals surface area contributed by atoms with Crippen molar-refractivity contribution in [2.45, 2.75) is 12.8 Å². The van der Waals surface area contributed by atoms with Crippen LogP contribution in [0.15, 0.2) is 36.4 Å². The molecule has 0 atom stereocenters. The fourth-order valence-electron chi connectivity index (χ4n) is 1.46. The maximum atomic E-state index is 13.7. The number of esters is 2. The smallest absolute Gasteiger partial charge is 0.381 e.